The first-order valence-corrected chi connectivity index (χ1v) is 8.54. The van der Waals surface area contributed by atoms with Crippen LogP contribution < -0.4 is 5.32 Å². The average Bonchev–Trinajstić information content (AvgIpc) is 3.25. The predicted molar refractivity (Wildman–Crippen MR) is 95.8 cm³/mol. The van der Waals surface area contributed by atoms with Crippen LogP contribution in [-0.4, -0.2) is 27.3 Å². The van der Waals surface area contributed by atoms with Crippen molar-refractivity contribution < 1.29 is 9.72 Å². The SMILES string of the molecule is Cc1c(C(=O)NCCc2[nH]cnc2-c2cccs2)cccc1[N+](=O)[O-]. The Balaban J connectivity index is 1.66. The van der Waals surface area contributed by atoms with Gasteiger partial charge < -0.3 is 10.3 Å². The lowest BCUT2D eigenvalue weighted by atomic mass is 10.1. The summed E-state index contributed by atoms with van der Waals surface area (Å²) in [5, 5.41) is 15.8. The summed E-state index contributed by atoms with van der Waals surface area (Å²) in [7, 11) is 0. The molecule has 0 fully saturated rings. The van der Waals surface area contributed by atoms with Crippen LogP contribution in [0.25, 0.3) is 10.6 Å². The average molecular weight is 356 g/mol. The van der Waals surface area contributed by atoms with Gasteiger partial charge in [0.15, 0.2) is 0 Å². The van der Waals surface area contributed by atoms with E-state index >= 15 is 0 Å². The highest BCUT2D eigenvalue weighted by molar-refractivity contribution is 7.13. The first-order chi connectivity index (χ1) is 12.1. The van der Waals surface area contributed by atoms with Crippen molar-refractivity contribution in [3.63, 3.8) is 0 Å². The molecule has 2 aromatic heterocycles. The van der Waals surface area contributed by atoms with E-state index in [0.717, 1.165) is 16.3 Å². The molecule has 2 heterocycles. The molecular weight excluding hydrogens is 340 g/mol. The van der Waals surface area contributed by atoms with E-state index in [2.05, 4.69) is 15.3 Å². The molecule has 0 saturated heterocycles. The van der Waals surface area contributed by atoms with Crippen molar-refractivity contribution in [1.29, 1.82) is 0 Å². The number of aromatic nitrogens is 2. The van der Waals surface area contributed by atoms with Gasteiger partial charge >= 0.3 is 0 Å². The molecule has 8 heteroatoms. The second-order valence-corrected chi connectivity index (χ2v) is 6.37. The molecule has 0 aliphatic carbocycles. The summed E-state index contributed by atoms with van der Waals surface area (Å²) in [6, 6.07) is 8.46. The number of carbonyl (C=O) groups excluding carboxylic acids is 1. The van der Waals surface area contributed by atoms with Crippen molar-refractivity contribution in [1.82, 2.24) is 15.3 Å². The van der Waals surface area contributed by atoms with E-state index in [1.807, 2.05) is 17.5 Å². The van der Waals surface area contributed by atoms with E-state index in [9.17, 15) is 14.9 Å². The predicted octanol–water partition coefficient (Wildman–Crippen LogP) is 3.33. The third-order valence-corrected chi connectivity index (χ3v) is 4.76. The van der Waals surface area contributed by atoms with E-state index in [0.29, 0.717) is 24.1 Å². The minimum Gasteiger partial charge on any atom is -0.352 e. The zero-order valence-corrected chi connectivity index (χ0v) is 14.3. The molecule has 7 nitrogen and oxygen atoms in total. The zero-order valence-electron chi connectivity index (χ0n) is 13.5. The minimum absolute atomic E-state index is 0.0544. The van der Waals surface area contributed by atoms with Gasteiger partial charge in [-0.05, 0) is 24.4 Å². The molecule has 128 valence electrons. The van der Waals surface area contributed by atoms with Crippen LogP contribution in [0.3, 0.4) is 0 Å². The largest absolute Gasteiger partial charge is 0.352 e. The normalized spacial score (nSPS) is 10.6. The Morgan fingerprint density at radius 3 is 2.92 bits per heavy atom. The molecule has 0 unspecified atom stereocenters. The van der Waals surface area contributed by atoms with E-state index in [1.165, 1.54) is 12.1 Å². The Morgan fingerprint density at radius 1 is 1.36 bits per heavy atom. The number of nitro groups is 1. The van der Waals surface area contributed by atoms with Gasteiger partial charge in [-0.1, -0.05) is 12.1 Å². The number of H-pyrrole nitrogens is 1. The molecule has 3 aromatic rings. The third-order valence-electron chi connectivity index (χ3n) is 3.88. The van der Waals surface area contributed by atoms with E-state index in [4.69, 9.17) is 0 Å². The topological polar surface area (TPSA) is 101 Å². The number of aromatic amines is 1. The smallest absolute Gasteiger partial charge is 0.273 e. The Kier molecular flexibility index (Phi) is 4.90. The lowest BCUT2D eigenvalue weighted by Crippen LogP contribution is -2.26. The van der Waals surface area contributed by atoms with Gasteiger partial charge in [-0.3, -0.25) is 14.9 Å². The fraction of sp³-hybridized carbons (Fsp3) is 0.176. The standard InChI is InChI=1S/C17H16N4O3S/c1-11-12(4-2-5-14(11)21(23)24)17(22)18-8-7-13-16(20-10-19-13)15-6-3-9-25-15/h2-6,9-10H,7-8H2,1H3,(H,18,22)(H,19,20). The van der Waals surface area contributed by atoms with Gasteiger partial charge in [0.2, 0.25) is 0 Å². The van der Waals surface area contributed by atoms with Gasteiger partial charge in [0, 0.05) is 35.9 Å². The summed E-state index contributed by atoms with van der Waals surface area (Å²) in [4.78, 5) is 31.3. The van der Waals surface area contributed by atoms with Crippen LogP contribution in [0.4, 0.5) is 5.69 Å². The Morgan fingerprint density at radius 2 is 2.20 bits per heavy atom. The van der Waals surface area contributed by atoms with Crippen molar-refractivity contribution >= 4 is 22.9 Å². The highest BCUT2D eigenvalue weighted by Crippen LogP contribution is 2.25. The maximum absolute atomic E-state index is 12.3. The molecule has 1 aromatic carbocycles. The second-order valence-electron chi connectivity index (χ2n) is 5.42. The van der Waals surface area contributed by atoms with Crippen molar-refractivity contribution in [2.24, 2.45) is 0 Å². The lowest BCUT2D eigenvalue weighted by molar-refractivity contribution is -0.385. The van der Waals surface area contributed by atoms with E-state index in [1.54, 1.807) is 30.7 Å². The molecule has 0 radical (unpaired) electrons. The Hall–Kier alpha value is -3.00. The van der Waals surface area contributed by atoms with Crippen LogP contribution in [0.5, 0.6) is 0 Å². The summed E-state index contributed by atoms with van der Waals surface area (Å²) in [6.45, 7) is 1.98. The number of nitrogens with zero attached hydrogens (tertiary/aromatic N) is 2. The van der Waals surface area contributed by atoms with Crippen LogP contribution in [0.1, 0.15) is 21.6 Å². The van der Waals surface area contributed by atoms with E-state index in [-0.39, 0.29) is 11.6 Å². The van der Waals surface area contributed by atoms with Crippen LogP contribution in [0.2, 0.25) is 0 Å². The monoisotopic (exact) mass is 356 g/mol. The van der Waals surface area contributed by atoms with E-state index < -0.39 is 4.92 Å². The third kappa shape index (κ3) is 3.58. The Labute approximate surface area is 147 Å². The van der Waals surface area contributed by atoms with Crippen LogP contribution in [0.15, 0.2) is 42.0 Å². The molecule has 0 aliphatic heterocycles. The molecule has 25 heavy (non-hydrogen) atoms. The number of hydrogen-bond donors (Lipinski definition) is 2. The van der Waals surface area contributed by atoms with Gasteiger partial charge in [-0.15, -0.1) is 11.3 Å². The number of nitro benzene ring substituents is 1. The van der Waals surface area contributed by atoms with Gasteiger partial charge in [-0.25, -0.2) is 4.98 Å². The number of rotatable bonds is 6. The van der Waals surface area contributed by atoms with Gasteiger partial charge in [0.1, 0.15) is 5.69 Å². The molecule has 0 aliphatic rings. The van der Waals surface area contributed by atoms with Crippen molar-refractivity contribution in [3.05, 3.63) is 69.0 Å². The number of thiophene rings is 1. The number of hydrogen-bond acceptors (Lipinski definition) is 5. The van der Waals surface area contributed by atoms with Crippen LogP contribution in [0, 0.1) is 17.0 Å². The molecular formula is C17H16N4O3S. The molecule has 0 spiro atoms. The van der Waals surface area contributed by atoms with Gasteiger partial charge in [-0.2, -0.15) is 0 Å². The molecule has 0 bridgehead atoms. The highest BCUT2D eigenvalue weighted by atomic mass is 32.1. The number of nitrogens with one attached hydrogen (secondary N) is 2. The minimum atomic E-state index is -0.482. The van der Waals surface area contributed by atoms with Crippen molar-refractivity contribution in [3.8, 4) is 10.6 Å². The summed E-state index contributed by atoms with van der Waals surface area (Å²) in [5.74, 6) is -0.321. The fourth-order valence-corrected chi connectivity index (χ4v) is 3.35. The molecule has 1 amide bonds. The molecule has 0 saturated carbocycles. The number of amides is 1. The highest BCUT2D eigenvalue weighted by Gasteiger charge is 2.18. The molecule has 2 N–H and O–H groups in total. The summed E-state index contributed by atoms with van der Waals surface area (Å²) in [6.07, 6.45) is 2.23. The first kappa shape index (κ1) is 16.8. The Bertz CT molecular complexity index is 903. The maximum atomic E-state index is 12.3. The van der Waals surface area contributed by atoms with Gasteiger partial charge in [0.05, 0.1) is 16.1 Å². The number of imidazole rings is 1. The zero-order chi connectivity index (χ0) is 17.8. The maximum Gasteiger partial charge on any atom is 0.273 e. The lowest BCUT2D eigenvalue weighted by Gasteiger charge is -2.08. The number of benzene rings is 1. The van der Waals surface area contributed by atoms with Gasteiger partial charge in [0.25, 0.3) is 11.6 Å². The van der Waals surface area contributed by atoms with Crippen LogP contribution >= 0.6 is 11.3 Å². The summed E-state index contributed by atoms with van der Waals surface area (Å²) >= 11 is 1.60. The summed E-state index contributed by atoms with van der Waals surface area (Å²) in [5.41, 5.74) is 2.46. The first-order valence-electron chi connectivity index (χ1n) is 7.66. The van der Waals surface area contributed by atoms with Crippen molar-refractivity contribution in [2.75, 3.05) is 6.54 Å². The molecule has 0 atom stereocenters. The quantitative estimate of drug-likeness (QED) is 0.522. The fourth-order valence-electron chi connectivity index (χ4n) is 2.60. The summed E-state index contributed by atoms with van der Waals surface area (Å²) < 4.78 is 0. The number of carbonyl (C=O) groups is 1. The molecule has 3 rings (SSSR count). The van der Waals surface area contributed by atoms with Crippen molar-refractivity contribution in [2.45, 2.75) is 13.3 Å². The van der Waals surface area contributed by atoms with Crippen LogP contribution in [-0.2, 0) is 6.42 Å². The second kappa shape index (κ2) is 7.27.